The summed E-state index contributed by atoms with van der Waals surface area (Å²) in [6.07, 6.45) is 1.45. The van der Waals surface area contributed by atoms with Crippen LogP contribution in [0.4, 0.5) is 16.2 Å². The molecule has 124 valence electrons. The molecule has 0 bridgehead atoms. The van der Waals surface area contributed by atoms with Crippen molar-refractivity contribution in [1.82, 2.24) is 5.32 Å². The number of carbonyl (C=O) groups is 1. The van der Waals surface area contributed by atoms with Crippen molar-refractivity contribution in [2.45, 2.75) is 33.6 Å². The van der Waals surface area contributed by atoms with Crippen LogP contribution in [-0.2, 0) is 10.0 Å². The number of amides is 2. The van der Waals surface area contributed by atoms with Crippen LogP contribution < -0.4 is 15.4 Å². The SMILES string of the molecule is CCCS(=O)(=O)Nc1cccc(NC(=O)NCCC(C)C)c1. The van der Waals surface area contributed by atoms with Crippen molar-refractivity contribution in [1.29, 1.82) is 0 Å². The number of nitrogens with one attached hydrogen (secondary N) is 3. The highest BCUT2D eigenvalue weighted by molar-refractivity contribution is 7.92. The molecule has 0 saturated heterocycles. The van der Waals surface area contributed by atoms with Crippen LogP contribution in [0.2, 0.25) is 0 Å². The maximum atomic E-state index is 11.7. The number of hydrogen-bond acceptors (Lipinski definition) is 3. The molecule has 1 rings (SSSR count). The maximum Gasteiger partial charge on any atom is 0.319 e. The minimum Gasteiger partial charge on any atom is -0.338 e. The van der Waals surface area contributed by atoms with Gasteiger partial charge in [-0.15, -0.1) is 0 Å². The van der Waals surface area contributed by atoms with E-state index in [1.807, 2.05) is 0 Å². The zero-order chi connectivity index (χ0) is 16.6. The fraction of sp³-hybridized carbons (Fsp3) is 0.533. The van der Waals surface area contributed by atoms with Gasteiger partial charge in [-0.25, -0.2) is 13.2 Å². The minimum absolute atomic E-state index is 0.0698. The maximum absolute atomic E-state index is 11.7. The van der Waals surface area contributed by atoms with E-state index in [1.54, 1.807) is 31.2 Å². The second-order valence-electron chi connectivity index (χ2n) is 5.57. The monoisotopic (exact) mass is 327 g/mol. The van der Waals surface area contributed by atoms with Crippen LogP contribution in [-0.4, -0.2) is 26.7 Å². The molecular formula is C15H25N3O3S. The van der Waals surface area contributed by atoms with Crippen LogP contribution in [0.5, 0.6) is 0 Å². The van der Waals surface area contributed by atoms with E-state index < -0.39 is 10.0 Å². The fourth-order valence-corrected chi connectivity index (χ4v) is 2.94. The van der Waals surface area contributed by atoms with E-state index in [4.69, 9.17) is 0 Å². The Morgan fingerprint density at radius 2 is 1.91 bits per heavy atom. The molecule has 1 aromatic carbocycles. The Morgan fingerprint density at radius 1 is 1.23 bits per heavy atom. The highest BCUT2D eigenvalue weighted by Crippen LogP contribution is 2.16. The summed E-state index contributed by atoms with van der Waals surface area (Å²) in [7, 11) is -3.33. The molecule has 0 atom stereocenters. The molecule has 22 heavy (non-hydrogen) atoms. The number of hydrogen-bond donors (Lipinski definition) is 3. The van der Waals surface area contributed by atoms with Crippen LogP contribution in [0.3, 0.4) is 0 Å². The van der Waals surface area contributed by atoms with Crippen molar-refractivity contribution in [2.75, 3.05) is 22.3 Å². The van der Waals surface area contributed by atoms with Crippen molar-refractivity contribution >= 4 is 27.4 Å². The van der Waals surface area contributed by atoms with Gasteiger partial charge in [0, 0.05) is 12.2 Å². The Labute approximate surface area is 132 Å². The summed E-state index contributed by atoms with van der Waals surface area (Å²) in [5, 5.41) is 5.45. The molecule has 0 fully saturated rings. The molecule has 0 aliphatic carbocycles. The van der Waals surface area contributed by atoms with Crippen LogP contribution in [0.25, 0.3) is 0 Å². The molecule has 0 saturated carbocycles. The normalized spacial score (nSPS) is 11.3. The second-order valence-corrected chi connectivity index (χ2v) is 7.41. The number of carbonyl (C=O) groups excluding carboxylic acids is 1. The summed E-state index contributed by atoms with van der Waals surface area (Å²) < 4.78 is 25.9. The van der Waals surface area contributed by atoms with Gasteiger partial charge in [0.2, 0.25) is 10.0 Å². The van der Waals surface area contributed by atoms with Gasteiger partial charge in [0.1, 0.15) is 0 Å². The van der Waals surface area contributed by atoms with Gasteiger partial charge in [0.25, 0.3) is 0 Å². The summed E-state index contributed by atoms with van der Waals surface area (Å²) in [5.41, 5.74) is 0.979. The molecule has 0 aromatic heterocycles. The van der Waals surface area contributed by atoms with Gasteiger partial charge in [0.15, 0.2) is 0 Å². The summed E-state index contributed by atoms with van der Waals surface area (Å²) in [4.78, 5) is 11.7. The second kappa shape index (κ2) is 8.63. The first-order chi connectivity index (χ1) is 10.3. The molecule has 1 aromatic rings. The first-order valence-electron chi connectivity index (χ1n) is 7.48. The Hall–Kier alpha value is -1.76. The molecule has 0 radical (unpaired) electrons. The van der Waals surface area contributed by atoms with E-state index in [-0.39, 0.29) is 11.8 Å². The zero-order valence-electron chi connectivity index (χ0n) is 13.3. The van der Waals surface area contributed by atoms with Crippen molar-refractivity contribution in [3.05, 3.63) is 24.3 Å². The van der Waals surface area contributed by atoms with Crippen LogP contribution in [0, 0.1) is 5.92 Å². The Morgan fingerprint density at radius 3 is 2.55 bits per heavy atom. The predicted molar refractivity (Wildman–Crippen MR) is 90.6 cm³/mol. The van der Waals surface area contributed by atoms with Gasteiger partial charge >= 0.3 is 6.03 Å². The average molecular weight is 327 g/mol. The Bertz CT molecular complexity index is 585. The van der Waals surface area contributed by atoms with Gasteiger partial charge < -0.3 is 10.6 Å². The summed E-state index contributed by atoms with van der Waals surface area (Å²) in [5.74, 6) is 0.594. The van der Waals surface area contributed by atoms with E-state index >= 15 is 0 Å². The third-order valence-corrected chi connectivity index (χ3v) is 4.37. The van der Waals surface area contributed by atoms with Crippen LogP contribution >= 0.6 is 0 Å². The number of sulfonamides is 1. The van der Waals surface area contributed by atoms with Gasteiger partial charge in [-0.2, -0.15) is 0 Å². The summed E-state index contributed by atoms with van der Waals surface area (Å²) in [6, 6.07) is 6.34. The minimum atomic E-state index is -3.33. The first kappa shape index (κ1) is 18.3. The third-order valence-electron chi connectivity index (χ3n) is 2.87. The van der Waals surface area contributed by atoms with Gasteiger partial charge in [-0.05, 0) is 37.0 Å². The molecule has 0 spiro atoms. The topological polar surface area (TPSA) is 87.3 Å². The highest BCUT2D eigenvalue weighted by Gasteiger charge is 2.09. The van der Waals surface area contributed by atoms with Crippen LogP contribution in [0.1, 0.15) is 33.6 Å². The van der Waals surface area contributed by atoms with E-state index in [1.165, 1.54) is 0 Å². The van der Waals surface area contributed by atoms with Crippen molar-refractivity contribution in [2.24, 2.45) is 5.92 Å². The average Bonchev–Trinajstić information content (AvgIpc) is 2.37. The molecule has 0 aliphatic rings. The van der Waals surface area contributed by atoms with E-state index in [0.29, 0.717) is 30.3 Å². The molecule has 0 aliphatic heterocycles. The molecule has 6 nitrogen and oxygen atoms in total. The number of rotatable bonds is 8. The van der Waals surface area contributed by atoms with Gasteiger partial charge in [-0.1, -0.05) is 26.8 Å². The molecule has 3 N–H and O–H groups in total. The van der Waals surface area contributed by atoms with E-state index in [0.717, 1.165) is 6.42 Å². The number of benzene rings is 1. The van der Waals surface area contributed by atoms with E-state index in [9.17, 15) is 13.2 Å². The largest absolute Gasteiger partial charge is 0.338 e. The quantitative estimate of drug-likeness (QED) is 0.686. The lowest BCUT2D eigenvalue weighted by Gasteiger charge is -2.11. The van der Waals surface area contributed by atoms with E-state index in [2.05, 4.69) is 29.2 Å². The standard InChI is InChI=1S/C15H25N3O3S/c1-4-10-22(20,21)18-14-7-5-6-13(11-14)17-15(19)16-9-8-12(2)3/h5-7,11-12,18H,4,8-10H2,1-3H3,(H2,16,17,19). The van der Waals surface area contributed by atoms with Crippen molar-refractivity contribution in [3.63, 3.8) is 0 Å². The number of anilines is 2. The van der Waals surface area contributed by atoms with Crippen molar-refractivity contribution < 1.29 is 13.2 Å². The fourth-order valence-electron chi connectivity index (χ4n) is 1.81. The van der Waals surface area contributed by atoms with Gasteiger partial charge in [0.05, 0.1) is 11.4 Å². The molecule has 7 heteroatoms. The zero-order valence-corrected chi connectivity index (χ0v) is 14.2. The first-order valence-corrected chi connectivity index (χ1v) is 9.13. The molecule has 0 unspecified atom stereocenters. The molecule has 0 heterocycles. The van der Waals surface area contributed by atoms with Gasteiger partial charge in [-0.3, -0.25) is 4.72 Å². The van der Waals surface area contributed by atoms with Crippen LogP contribution in [0.15, 0.2) is 24.3 Å². The smallest absolute Gasteiger partial charge is 0.319 e. The summed E-state index contributed by atoms with van der Waals surface area (Å²) in [6.45, 7) is 6.59. The Balaban J connectivity index is 2.59. The molecular weight excluding hydrogens is 302 g/mol. The number of urea groups is 1. The highest BCUT2D eigenvalue weighted by atomic mass is 32.2. The summed E-state index contributed by atoms with van der Waals surface area (Å²) >= 11 is 0. The Kier molecular flexibility index (Phi) is 7.17. The predicted octanol–water partition coefficient (Wildman–Crippen LogP) is 3.01. The third kappa shape index (κ3) is 7.31. The lowest BCUT2D eigenvalue weighted by atomic mass is 10.1. The lowest BCUT2D eigenvalue weighted by Crippen LogP contribution is -2.30. The lowest BCUT2D eigenvalue weighted by molar-refractivity contribution is 0.251. The van der Waals surface area contributed by atoms with Crippen molar-refractivity contribution in [3.8, 4) is 0 Å². The molecule has 2 amide bonds.